The Bertz CT molecular complexity index is 1040. The average Bonchev–Trinajstić information content (AvgIpc) is 3.32. The summed E-state index contributed by atoms with van der Waals surface area (Å²) in [6.07, 6.45) is -0.895. The minimum atomic E-state index is -4.66. The highest BCUT2D eigenvalue weighted by molar-refractivity contribution is 5.50. The minimum absolute atomic E-state index is 0.0154. The van der Waals surface area contributed by atoms with E-state index >= 15 is 0 Å². The maximum Gasteiger partial charge on any atom is 0.453 e. The van der Waals surface area contributed by atoms with Crippen LogP contribution in [0.15, 0.2) is 24.5 Å². The fourth-order valence-corrected chi connectivity index (χ4v) is 3.03. The molecule has 0 saturated carbocycles. The van der Waals surface area contributed by atoms with Crippen molar-refractivity contribution in [2.45, 2.75) is 12.6 Å². The molecule has 1 aliphatic heterocycles. The summed E-state index contributed by atoms with van der Waals surface area (Å²) in [5.41, 5.74) is 0.238. The van der Waals surface area contributed by atoms with Gasteiger partial charge in [0.25, 0.3) is 5.82 Å². The van der Waals surface area contributed by atoms with E-state index in [2.05, 4.69) is 25.3 Å². The van der Waals surface area contributed by atoms with Crippen LogP contribution >= 0.6 is 0 Å². The molecule has 0 aromatic carbocycles. The summed E-state index contributed by atoms with van der Waals surface area (Å²) in [5.74, 6) is -0.527. The molecule has 1 atom stereocenters. The van der Waals surface area contributed by atoms with Crippen molar-refractivity contribution in [3.8, 4) is 11.9 Å². The van der Waals surface area contributed by atoms with Crippen LogP contribution in [0, 0.1) is 17.2 Å². The Morgan fingerprint density at radius 2 is 2.04 bits per heavy atom. The van der Waals surface area contributed by atoms with E-state index in [1.165, 1.54) is 24.5 Å². The molecule has 12 heteroatoms. The lowest BCUT2D eigenvalue weighted by Crippen LogP contribution is -2.24. The Morgan fingerprint density at radius 3 is 2.82 bits per heavy atom. The van der Waals surface area contributed by atoms with E-state index < -0.39 is 12.0 Å². The summed E-state index contributed by atoms with van der Waals surface area (Å²) in [6, 6.07) is 4.83. The number of halogens is 3. The standard InChI is InChI=1S/C16H13F3N8O/c17-16(18,19)15-24-23-12-1-2-13(25-27(12)15)28-9-10-3-6-26(8-10)14-11(7-20)21-4-5-22-14/h1-2,4-5,10H,3,6,8-9H2. The quantitative estimate of drug-likeness (QED) is 0.663. The van der Waals surface area contributed by atoms with E-state index in [0.717, 1.165) is 6.42 Å². The van der Waals surface area contributed by atoms with E-state index in [0.29, 0.717) is 23.4 Å². The van der Waals surface area contributed by atoms with Crippen molar-refractivity contribution in [1.82, 2.24) is 29.8 Å². The molecule has 4 rings (SSSR count). The van der Waals surface area contributed by atoms with Crippen LogP contribution in [0.3, 0.4) is 0 Å². The maximum absolute atomic E-state index is 12.9. The molecule has 0 N–H and O–H groups in total. The third kappa shape index (κ3) is 3.38. The molecule has 1 fully saturated rings. The first-order valence-corrected chi connectivity index (χ1v) is 8.34. The van der Waals surface area contributed by atoms with Crippen LogP contribution in [0.5, 0.6) is 5.88 Å². The van der Waals surface area contributed by atoms with E-state index in [9.17, 15) is 13.2 Å². The Balaban J connectivity index is 1.43. The molecule has 0 aliphatic carbocycles. The highest BCUT2D eigenvalue weighted by atomic mass is 19.4. The monoisotopic (exact) mass is 390 g/mol. The predicted molar refractivity (Wildman–Crippen MR) is 88.3 cm³/mol. The number of rotatable bonds is 4. The minimum Gasteiger partial charge on any atom is -0.476 e. The molecule has 3 aromatic heterocycles. The second-order valence-electron chi connectivity index (χ2n) is 6.22. The van der Waals surface area contributed by atoms with Gasteiger partial charge in [0.15, 0.2) is 17.2 Å². The maximum atomic E-state index is 12.9. The van der Waals surface area contributed by atoms with Crippen LogP contribution in [-0.2, 0) is 6.18 Å². The Labute approximate surface area is 156 Å². The third-order valence-electron chi connectivity index (χ3n) is 4.33. The lowest BCUT2D eigenvalue weighted by molar-refractivity contribution is -0.146. The number of alkyl halides is 3. The van der Waals surface area contributed by atoms with Gasteiger partial charge in [0.2, 0.25) is 5.88 Å². The summed E-state index contributed by atoms with van der Waals surface area (Å²) >= 11 is 0. The van der Waals surface area contributed by atoms with Gasteiger partial charge in [0.1, 0.15) is 6.07 Å². The van der Waals surface area contributed by atoms with Crippen molar-refractivity contribution in [3.63, 3.8) is 0 Å². The van der Waals surface area contributed by atoms with Crippen LogP contribution in [0.2, 0.25) is 0 Å². The van der Waals surface area contributed by atoms with Gasteiger partial charge in [-0.2, -0.15) is 22.9 Å². The molecule has 0 spiro atoms. The van der Waals surface area contributed by atoms with Crippen molar-refractivity contribution in [2.24, 2.45) is 5.92 Å². The van der Waals surface area contributed by atoms with Crippen molar-refractivity contribution < 1.29 is 17.9 Å². The molecule has 28 heavy (non-hydrogen) atoms. The number of aromatic nitrogens is 6. The van der Waals surface area contributed by atoms with E-state index in [1.807, 2.05) is 11.0 Å². The van der Waals surface area contributed by atoms with Crippen LogP contribution in [0.25, 0.3) is 5.65 Å². The van der Waals surface area contributed by atoms with Crippen molar-refractivity contribution in [2.75, 3.05) is 24.6 Å². The molecule has 1 saturated heterocycles. The summed E-state index contributed by atoms with van der Waals surface area (Å²) in [6.45, 7) is 1.54. The Kier molecular flexibility index (Phi) is 4.42. The second kappa shape index (κ2) is 6.91. The zero-order valence-electron chi connectivity index (χ0n) is 14.3. The lowest BCUT2D eigenvalue weighted by atomic mass is 10.1. The van der Waals surface area contributed by atoms with Crippen molar-refractivity contribution in [3.05, 3.63) is 36.0 Å². The normalized spacial score (nSPS) is 17.1. The molecular weight excluding hydrogens is 377 g/mol. The van der Waals surface area contributed by atoms with Gasteiger partial charge >= 0.3 is 6.18 Å². The number of hydrogen-bond donors (Lipinski definition) is 0. The number of nitriles is 1. The van der Waals surface area contributed by atoms with Crippen LogP contribution in [0.1, 0.15) is 17.9 Å². The summed E-state index contributed by atoms with van der Waals surface area (Å²) < 4.78 is 45.0. The lowest BCUT2D eigenvalue weighted by Gasteiger charge is -2.17. The Morgan fingerprint density at radius 1 is 1.21 bits per heavy atom. The molecule has 1 aliphatic rings. The van der Waals surface area contributed by atoms with E-state index in [4.69, 9.17) is 10.00 Å². The largest absolute Gasteiger partial charge is 0.476 e. The zero-order chi connectivity index (χ0) is 19.7. The number of ether oxygens (including phenoxy) is 1. The van der Waals surface area contributed by atoms with Crippen LogP contribution in [0.4, 0.5) is 19.0 Å². The molecule has 0 bridgehead atoms. The van der Waals surface area contributed by atoms with Gasteiger partial charge < -0.3 is 9.64 Å². The fourth-order valence-electron chi connectivity index (χ4n) is 3.03. The predicted octanol–water partition coefficient (Wildman–Crippen LogP) is 1.71. The van der Waals surface area contributed by atoms with Gasteiger partial charge in [-0.1, -0.05) is 0 Å². The molecule has 0 radical (unpaired) electrons. The zero-order valence-corrected chi connectivity index (χ0v) is 14.3. The van der Waals surface area contributed by atoms with Crippen LogP contribution < -0.4 is 9.64 Å². The van der Waals surface area contributed by atoms with Crippen molar-refractivity contribution >= 4 is 11.5 Å². The number of fused-ring (bicyclic) bond motifs is 1. The third-order valence-corrected chi connectivity index (χ3v) is 4.33. The van der Waals surface area contributed by atoms with Gasteiger partial charge in [0, 0.05) is 37.5 Å². The molecule has 144 valence electrons. The first-order valence-electron chi connectivity index (χ1n) is 8.34. The van der Waals surface area contributed by atoms with Gasteiger partial charge in [-0.3, -0.25) is 0 Å². The van der Waals surface area contributed by atoms with Crippen LogP contribution in [-0.4, -0.2) is 49.5 Å². The number of nitrogens with zero attached hydrogens (tertiary/aromatic N) is 8. The van der Waals surface area contributed by atoms with Crippen molar-refractivity contribution in [1.29, 1.82) is 5.26 Å². The summed E-state index contributed by atoms with van der Waals surface area (Å²) in [4.78, 5) is 10.2. The van der Waals surface area contributed by atoms with Gasteiger partial charge in [-0.25, -0.2) is 9.97 Å². The highest BCUT2D eigenvalue weighted by Crippen LogP contribution is 2.28. The van der Waals surface area contributed by atoms with E-state index in [-0.39, 0.29) is 29.7 Å². The average molecular weight is 390 g/mol. The first kappa shape index (κ1) is 17.9. The molecule has 4 heterocycles. The van der Waals surface area contributed by atoms with E-state index in [1.54, 1.807) is 0 Å². The fraction of sp³-hybridized carbons (Fsp3) is 0.375. The molecule has 3 aromatic rings. The SMILES string of the molecule is N#Cc1nccnc1N1CCC(COc2ccc3nnc(C(F)(F)F)n3n2)C1. The summed E-state index contributed by atoms with van der Waals surface area (Å²) in [7, 11) is 0. The smallest absolute Gasteiger partial charge is 0.453 e. The number of hydrogen-bond acceptors (Lipinski definition) is 8. The molecule has 9 nitrogen and oxygen atoms in total. The first-order chi connectivity index (χ1) is 13.5. The summed E-state index contributed by atoms with van der Waals surface area (Å²) in [5, 5.41) is 19.6. The number of anilines is 1. The molecule has 0 amide bonds. The second-order valence-corrected chi connectivity index (χ2v) is 6.22. The van der Waals surface area contributed by atoms with Gasteiger partial charge in [-0.05, 0) is 12.5 Å². The highest BCUT2D eigenvalue weighted by Gasteiger charge is 2.37. The topological polar surface area (TPSA) is 105 Å². The van der Waals surface area contributed by atoms with Gasteiger partial charge in [0.05, 0.1) is 6.61 Å². The Hall–Kier alpha value is -3.49. The molecular formula is C16H13F3N8O. The molecule has 1 unspecified atom stereocenters. The van der Waals surface area contributed by atoms with Gasteiger partial charge in [-0.15, -0.1) is 15.3 Å².